The van der Waals surface area contributed by atoms with Gasteiger partial charge >= 0.3 is 5.97 Å². The van der Waals surface area contributed by atoms with E-state index in [9.17, 15) is 18.3 Å². The fourth-order valence-electron chi connectivity index (χ4n) is 3.63. The molecule has 9 heteroatoms. The van der Waals surface area contributed by atoms with Crippen LogP contribution in [0.5, 0.6) is 11.5 Å². The Morgan fingerprint density at radius 1 is 1.17 bits per heavy atom. The van der Waals surface area contributed by atoms with Gasteiger partial charge in [-0.05, 0) is 49.1 Å². The first-order chi connectivity index (χ1) is 14.2. The maximum Gasteiger partial charge on any atom is 0.335 e. The summed E-state index contributed by atoms with van der Waals surface area (Å²) in [6.45, 7) is 3.68. The minimum atomic E-state index is -4.08. The van der Waals surface area contributed by atoms with Gasteiger partial charge in [-0.3, -0.25) is 4.72 Å². The number of carboxylic acids is 1. The maximum absolute atomic E-state index is 13.2. The fourth-order valence-corrected chi connectivity index (χ4v) is 4.88. The molecule has 1 unspecified atom stereocenters. The van der Waals surface area contributed by atoms with E-state index in [2.05, 4.69) is 16.5 Å². The highest BCUT2D eigenvalue weighted by Gasteiger charge is 2.25. The van der Waals surface area contributed by atoms with Crippen molar-refractivity contribution in [2.75, 3.05) is 36.9 Å². The van der Waals surface area contributed by atoms with Crippen LogP contribution in [0.4, 0.5) is 11.4 Å². The van der Waals surface area contributed by atoms with Gasteiger partial charge in [0, 0.05) is 19.2 Å². The van der Waals surface area contributed by atoms with Crippen LogP contribution in [0.25, 0.3) is 0 Å². The van der Waals surface area contributed by atoms with Crippen molar-refractivity contribution in [2.45, 2.75) is 24.7 Å². The predicted molar refractivity (Wildman–Crippen MR) is 114 cm³/mol. The molecule has 0 amide bonds. The first-order valence-electron chi connectivity index (χ1n) is 9.62. The summed E-state index contributed by atoms with van der Waals surface area (Å²) >= 11 is 0. The Bertz CT molecular complexity index is 1040. The summed E-state index contributed by atoms with van der Waals surface area (Å²) in [7, 11) is -1.26. The highest BCUT2D eigenvalue weighted by Crippen LogP contribution is 2.35. The summed E-state index contributed by atoms with van der Waals surface area (Å²) in [5, 5.41) is 9.39. The molecule has 1 heterocycles. The van der Waals surface area contributed by atoms with E-state index in [0.29, 0.717) is 17.4 Å². The van der Waals surface area contributed by atoms with Crippen molar-refractivity contribution in [3.63, 3.8) is 0 Å². The van der Waals surface area contributed by atoms with Crippen molar-refractivity contribution >= 4 is 27.4 Å². The number of piperidine rings is 1. The maximum atomic E-state index is 13.2. The minimum absolute atomic E-state index is 0.000819. The molecule has 162 valence electrons. The molecule has 1 fully saturated rings. The molecule has 8 nitrogen and oxygen atoms in total. The van der Waals surface area contributed by atoms with Crippen LogP contribution >= 0.6 is 0 Å². The van der Waals surface area contributed by atoms with E-state index in [0.717, 1.165) is 25.9 Å². The zero-order chi connectivity index (χ0) is 21.9. The van der Waals surface area contributed by atoms with Gasteiger partial charge in [-0.2, -0.15) is 0 Å². The van der Waals surface area contributed by atoms with E-state index >= 15 is 0 Å². The van der Waals surface area contributed by atoms with Gasteiger partial charge in [0.25, 0.3) is 10.0 Å². The number of rotatable bonds is 7. The zero-order valence-electron chi connectivity index (χ0n) is 17.2. The van der Waals surface area contributed by atoms with Gasteiger partial charge in [0.05, 0.1) is 31.2 Å². The number of carbonyl (C=O) groups is 1. The van der Waals surface area contributed by atoms with Crippen molar-refractivity contribution in [3.05, 3.63) is 42.0 Å². The van der Waals surface area contributed by atoms with Crippen molar-refractivity contribution < 1.29 is 27.8 Å². The Morgan fingerprint density at radius 3 is 2.57 bits per heavy atom. The molecule has 0 aliphatic carbocycles. The van der Waals surface area contributed by atoms with Crippen LogP contribution in [0.15, 0.2) is 41.3 Å². The average molecular weight is 435 g/mol. The van der Waals surface area contributed by atoms with Gasteiger partial charge in [0.1, 0.15) is 16.4 Å². The average Bonchev–Trinajstić information content (AvgIpc) is 2.72. The molecule has 0 saturated carbocycles. The van der Waals surface area contributed by atoms with Gasteiger partial charge in [-0.15, -0.1) is 0 Å². The monoisotopic (exact) mass is 434 g/mol. The summed E-state index contributed by atoms with van der Waals surface area (Å²) in [4.78, 5) is 13.5. The number of nitrogens with one attached hydrogen (secondary N) is 1. The molecule has 1 aliphatic rings. The van der Waals surface area contributed by atoms with Gasteiger partial charge in [0.15, 0.2) is 0 Å². The molecule has 0 radical (unpaired) electrons. The van der Waals surface area contributed by atoms with Crippen LogP contribution in [0.1, 0.15) is 30.1 Å². The topological polar surface area (TPSA) is 105 Å². The van der Waals surface area contributed by atoms with Gasteiger partial charge in [-0.25, -0.2) is 13.2 Å². The van der Waals surface area contributed by atoms with Gasteiger partial charge in [-0.1, -0.05) is 6.92 Å². The number of hydrogen-bond acceptors (Lipinski definition) is 6. The molecule has 3 rings (SSSR count). The summed E-state index contributed by atoms with van der Waals surface area (Å²) in [5.41, 5.74) is 0.866. The van der Waals surface area contributed by atoms with Crippen LogP contribution in [0.2, 0.25) is 0 Å². The molecule has 30 heavy (non-hydrogen) atoms. The molecular formula is C21H26N2O6S. The quantitative estimate of drug-likeness (QED) is 0.688. The first-order valence-corrected chi connectivity index (χ1v) is 11.1. The van der Waals surface area contributed by atoms with E-state index in [-0.39, 0.29) is 21.9 Å². The highest BCUT2D eigenvalue weighted by molar-refractivity contribution is 7.92. The molecule has 2 aromatic rings. The number of nitrogens with zero attached hydrogens (tertiary/aromatic N) is 1. The normalized spacial score (nSPS) is 16.8. The van der Waals surface area contributed by atoms with E-state index in [1.54, 1.807) is 12.1 Å². The first kappa shape index (κ1) is 21.8. The highest BCUT2D eigenvalue weighted by atomic mass is 32.2. The van der Waals surface area contributed by atoms with Gasteiger partial charge < -0.3 is 19.5 Å². The van der Waals surface area contributed by atoms with E-state index < -0.39 is 16.0 Å². The molecule has 1 aliphatic heterocycles. The summed E-state index contributed by atoms with van der Waals surface area (Å²) in [6.07, 6.45) is 2.09. The van der Waals surface area contributed by atoms with E-state index in [1.165, 1.54) is 38.5 Å². The Balaban J connectivity index is 2.06. The second-order valence-corrected chi connectivity index (χ2v) is 9.00. The molecule has 0 aromatic heterocycles. The Kier molecular flexibility index (Phi) is 6.40. The van der Waals surface area contributed by atoms with Crippen LogP contribution in [-0.4, -0.2) is 46.8 Å². The smallest absolute Gasteiger partial charge is 0.335 e. The minimum Gasteiger partial charge on any atom is -0.497 e. The zero-order valence-corrected chi connectivity index (χ0v) is 18.0. The molecule has 2 aromatic carbocycles. The van der Waals surface area contributed by atoms with Crippen molar-refractivity contribution in [1.82, 2.24) is 0 Å². The predicted octanol–water partition coefficient (Wildman–Crippen LogP) is 3.44. The number of benzene rings is 2. The molecular weight excluding hydrogens is 408 g/mol. The number of carboxylic acid groups (broad SMARTS) is 1. The second-order valence-electron chi connectivity index (χ2n) is 7.35. The Labute approximate surface area is 176 Å². The Morgan fingerprint density at radius 2 is 1.93 bits per heavy atom. The largest absolute Gasteiger partial charge is 0.497 e. The third kappa shape index (κ3) is 4.62. The third-order valence-corrected chi connectivity index (χ3v) is 6.53. The number of anilines is 2. The molecule has 1 atom stereocenters. The van der Waals surface area contributed by atoms with Crippen molar-refractivity contribution in [3.8, 4) is 11.5 Å². The molecule has 1 saturated heterocycles. The standard InChI is InChI=1S/C21H26N2O6S/c1-14-5-4-10-23(13-14)18-8-6-15(21(24)25)11-17(18)22-30(26,27)20-12-16(28-2)7-9-19(20)29-3/h6-9,11-12,14,22H,4-5,10,13H2,1-3H3,(H,24,25). The lowest BCUT2D eigenvalue weighted by Crippen LogP contribution is -2.35. The van der Waals surface area contributed by atoms with Crippen LogP contribution in [-0.2, 0) is 10.0 Å². The number of sulfonamides is 1. The number of aromatic carboxylic acids is 1. The van der Waals surface area contributed by atoms with Crippen molar-refractivity contribution in [2.24, 2.45) is 5.92 Å². The van der Waals surface area contributed by atoms with E-state index in [1.807, 2.05) is 0 Å². The second kappa shape index (κ2) is 8.83. The lowest BCUT2D eigenvalue weighted by atomic mass is 9.99. The van der Waals surface area contributed by atoms with E-state index in [4.69, 9.17) is 9.47 Å². The lowest BCUT2D eigenvalue weighted by Gasteiger charge is -2.34. The molecule has 2 N–H and O–H groups in total. The van der Waals surface area contributed by atoms with Crippen LogP contribution in [0, 0.1) is 5.92 Å². The number of hydrogen-bond donors (Lipinski definition) is 2. The lowest BCUT2D eigenvalue weighted by molar-refractivity contribution is 0.0697. The van der Waals surface area contributed by atoms with Crippen LogP contribution in [0.3, 0.4) is 0 Å². The fraction of sp³-hybridized carbons (Fsp3) is 0.381. The molecule has 0 spiro atoms. The third-order valence-electron chi connectivity index (χ3n) is 5.15. The van der Waals surface area contributed by atoms with Crippen molar-refractivity contribution in [1.29, 1.82) is 0 Å². The number of methoxy groups -OCH3 is 2. The number of ether oxygens (including phenoxy) is 2. The van der Waals surface area contributed by atoms with Crippen LogP contribution < -0.4 is 19.1 Å². The summed E-state index contributed by atoms with van der Waals surface area (Å²) in [5.74, 6) is -0.153. The summed E-state index contributed by atoms with van der Waals surface area (Å²) < 4.78 is 39.4. The Hall–Kier alpha value is -2.94. The molecule has 0 bridgehead atoms. The SMILES string of the molecule is COc1ccc(OC)c(S(=O)(=O)Nc2cc(C(=O)O)ccc2N2CCCC(C)C2)c1. The summed E-state index contributed by atoms with van der Waals surface area (Å²) in [6, 6.07) is 8.97. The van der Waals surface area contributed by atoms with Gasteiger partial charge in [0.2, 0.25) is 0 Å².